The lowest BCUT2D eigenvalue weighted by Crippen LogP contribution is -2.28. The largest absolute Gasteiger partial charge is 0.345 e. The number of aromatic nitrogens is 1. The molecule has 0 radical (unpaired) electrons. The summed E-state index contributed by atoms with van der Waals surface area (Å²) in [4.78, 5) is 26.7. The van der Waals surface area contributed by atoms with Crippen molar-refractivity contribution in [3.05, 3.63) is 32.7 Å². The van der Waals surface area contributed by atoms with Gasteiger partial charge in [-0.25, -0.2) is 0 Å². The van der Waals surface area contributed by atoms with Crippen molar-refractivity contribution in [3.8, 4) is 0 Å². The smallest absolute Gasteiger partial charge is 0.261 e. The van der Waals surface area contributed by atoms with Gasteiger partial charge in [0.2, 0.25) is 0 Å². The molecule has 1 rings (SSSR count). The van der Waals surface area contributed by atoms with Crippen molar-refractivity contribution in [2.75, 3.05) is 14.1 Å². The molecule has 0 atom stereocenters. The molecule has 0 bridgehead atoms. The number of carbonyl (C=O) groups excluding carboxylic acids is 1. The number of aryl methyl sites for hydroxylation is 1. The summed E-state index contributed by atoms with van der Waals surface area (Å²) >= 11 is 5.79. The van der Waals surface area contributed by atoms with Gasteiger partial charge < -0.3 is 9.88 Å². The zero-order valence-electron chi connectivity index (χ0n) is 8.22. The number of carbonyl (C=O) groups is 1. The van der Waals surface area contributed by atoms with Crippen LogP contribution in [0, 0.1) is 6.92 Å². The molecular formula is C9H11ClN2O2. The summed E-state index contributed by atoms with van der Waals surface area (Å²) in [6.45, 7) is 1.67. The Morgan fingerprint density at radius 2 is 2.07 bits per heavy atom. The van der Waals surface area contributed by atoms with Crippen LogP contribution in [0.3, 0.4) is 0 Å². The highest BCUT2D eigenvalue weighted by atomic mass is 35.5. The Bertz CT molecular complexity index is 423. The van der Waals surface area contributed by atoms with Gasteiger partial charge in [-0.15, -0.1) is 0 Å². The van der Waals surface area contributed by atoms with E-state index < -0.39 is 5.56 Å². The van der Waals surface area contributed by atoms with E-state index in [1.807, 2.05) is 0 Å². The number of rotatable bonds is 1. The number of hydrogen-bond donors (Lipinski definition) is 1. The second-order valence-electron chi connectivity index (χ2n) is 3.18. The number of H-pyrrole nitrogens is 1. The molecule has 0 fully saturated rings. The van der Waals surface area contributed by atoms with Crippen LogP contribution in [0.2, 0.25) is 5.02 Å². The molecule has 5 heteroatoms. The van der Waals surface area contributed by atoms with E-state index in [1.165, 1.54) is 11.0 Å². The number of nitrogens with zero attached hydrogens (tertiary/aromatic N) is 1. The van der Waals surface area contributed by atoms with Crippen molar-refractivity contribution in [2.45, 2.75) is 6.92 Å². The number of amides is 1. The first kappa shape index (κ1) is 10.8. The highest BCUT2D eigenvalue weighted by Crippen LogP contribution is 2.11. The minimum Gasteiger partial charge on any atom is -0.345 e. The third-order valence-corrected chi connectivity index (χ3v) is 2.20. The van der Waals surface area contributed by atoms with Crippen LogP contribution in [-0.4, -0.2) is 29.9 Å². The first-order valence-electron chi connectivity index (χ1n) is 4.04. The second kappa shape index (κ2) is 3.84. The van der Waals surface area contributed by atoms with Crippen LogP contribution in [0.15, 0.2) is 10.9 Å². The van der Waals surface area contributed by atoms with Gasteiger partial charge in [0.05, 0.1) is 5.02 Å². The second-order valence-corrected chi connectivity index (χ2v) is 3.59. The van der Waals surface area contributed by atoms with E-state index in [0.717, 1.165) is 0 Å². The molecule has 0 spiro atoms. The SMILES string of the molecule is Cc1[nH]c(=O)c(C(=O)N(C)C)cc1Cl. The highest BCUT2D eigenvalue weighted by Gasteiger charge is 2.13. The molecule has 14 heavy (non-hydrogen) atoms. The molecule has 1 aromatic heterocycles. The van der Waals surface area contributed by atoms with Gasteiger partial charge in [-0.2, -0.15) is 0 Å². The summed E-state index contributed by atoms with van der Waals surface area (Å²) in [5, 5.41) is 0.384. The van der Waals surface area contributed by atoms with Gasteiger partial charge in [-0.1, -0.05) is 11.6 Å². The highest BCUT2D eigenvalue weighted by molar-refractivity contribution is 6.31. The zero-order chi connectivity index (χ0) is 10.9. The Hall–Kier alpha value is -1.29. The predicted molar refractivity (Wildman–Crippen MR) is 54.8 cm³/mol. The molecule has 1 aromatic rings. The van der Waals surface area contributed by atoms with Crippen molar-refractivity contribution in [1.82, 2.24) is 9.88 Å². The fourth-order valence-electron chi connectivity index (χ4n) is 0.998. The maximum absolute atomic E-state index is 11.5. The average molecular weight is 215 g/mol. The number of nitrogens with one attached hydrogen (secondary N) is 1. The van der Waals surface area contributed by atoms with E-state index in [9.17, 15) is 9.59 Å². The lowest BCUT2D eigenvalue weighted by Gasteiger charge is -2.09. The van der Waals surface area contributed by atoms with Crippen LogP contribution in [0.25, 0.3) is 0 Å². The van der Waals surface area contributed by atoms with E-state index >= 15 is 0 Å². The molecule has 0 aliphatic rings. The van der Waals surface area contributed by atoms with E-state index in [-0.39, 0.29) is 11.5 Å². The number of halogens is 1. The molecule has 1 heterocycles. The monoisotopic (exact) mass is 214 g/mol. The summed E-state index contributed by atoms with van der Waals surface area (Å²) in [5.74, 6) is -0.354. The van der Waals surface area contributed by atoms with Gasteiger partial charge in [0.15, 0.2) is 0 Å². The lowest BCUT2D eigenvalue weighted by molar-refractivity contribution is 0.0826. The molecule has 0 saturated heterocycles. The molecule has 1 N–H and O–H groups in total. The van der Waals surface area contributed by atoms with Crippen molar-refractivity contribution < 1.29 is 4.79 Å². The van der Waals surface area contributed by atoms with Crippen LogP contribution in [0.4, 0.5) is 0 Å². The lowest BCUT2D eigenvalue weighted by atomic mass is 10.2. The standard InChI is InChI=1S/C9H11ClN2O2/c1-5-7(10)4-6(8(13)11-5)9(14)12(2)3/h4H,1-3H3,(H,11,13). The van der Waals surface area contributed by atoms with Crippen LogP contribution in [0.5, 0.6) is 0 Å². The molecule has 0 aliphatic heterocycles. The average Bonchev–Trinajstić information content (AvgIpc) is 2.10. The third-order valence-electron chi connectivity index (χ3n) is 1.81. The maximum Gasteiger partial charge on any atom is 0.261 e. The topological polar surface area (TPSA) is 53.2 Å². The number of pyridine rings is 1. The number of hydrogen-bond acceptors (Lipinski definition) is 2. The van der Waals surface area contributed by atoms with Gasteiger partial charge in [-0.05, 0) is 13.0 Å². The molecule has 4 nitrogen and oxygen atoms in total. The zero-order valence-corrected chi connectivity index (χ0v) is 8.97. The fourth-order valence-corrected chi connectivity index (χ4v) is 1.15. The van der Waals surface area contributed by atoms with E-state index in [0.29, 0.717) is 10.7 Å². The Kier molecular flexibility index (Phi) is 2.96. The molecular weight excluding hydrogens is 204 g/mol. The Morgan fingerprint density at radius 1 is 1.50 bits per heavy atom. The normalized spacial score (nSPS) is 10.0. The Morgan fingerprint density at radius 3 is 2.57 bits per heavy atom. The summed E-state index contributed by atoms with van der Waals surface area (Å²) in [7, 11) is 3.16. The number of aromatic amines is 1. The Labute approximate surface area is 86.5 Å². The quantitative estimate of drug-likeness (QED) is 0.760. The fraction of sp³-hybridized carbons (Fsp3) is 0.333. The first-order valence-corrected chi connectivity index (χ1v) is 4.42. The van der Waals surface area contributed by atoms with Crippen molar-refractivity contribution in [2.24, 2.45) is 0 Å². The minimum atomic E-state index is -0.411. The summed E-state index contributed by atoms with van der Waals surface area (Å²) < 4.78 is 0. The maximum atomic E-state index is 11.5. The predicted octanol–water partition coefficient (Wildman–Crippen LogP) is 1.04. The van der Waals surface area contributed by atoms with Gasteiger partial charge >= 0.3 is 0 Å². The summed E-state index contributed by atoms with van der Waals surface area (Å²) in [6.07, 6.45) is 0. The molecule has 76 valence electrons. The third kappa shape index (κ3) is 1.96. The van der Waals surface area contributed by atoms with Crippen molar-refractivity contribution >= 4 is 17.5 Å². The van der Waals surface area contributed by atoms with E-state index in [4.69, 9.17) is 11.6 Å². The van der Waals surface area contributed by atoms with E-state index in [2.05, 4.69) is 4.98 Å². The molecule has 1 amide bonds. The summed E-state index contributed by atoms with van der Waals surface area (Å²) in [5.41, 5.74) is 0.211. The summed E-state index contributed by atoms with van der Waals surface area (Å²) in [6, 6.07) is 1.39. The van der Waals surface area contributed by atoms with Crippen molar-refractivity contribution in [1.29, 1.82) is 0 Å². The van der Waals surface area contributed by atoms with Crippen LogP contribution in [-0.2, 0) is 0 Å². The van der Waals surface area contributed by atoms with Gasteiger partial charge in [0.1, 0.15) is 5.56 Å². The van der Waals surface area contributed by atoms with Crippen LogP contribution in [0.1, 0.15) is 16.1 Å². The molecule has 0 unspecified atom stereocenters. The van der Waals surface area contributed by atoms with Crippen LogP contribution >= 0.6 is 11.6 Å². The first-order chi connectivity index (χ1) is 6.43. The molecule has 0 aromatic carbocycles. The van der Waals surface area contributed by atoms with E-state index in [1.54, 1.807) is 21.0 Å². The van der Waals surface area contributed by atoms with Gasteiger partial charge in [0, 0.05) is 19.8 Å². The van der Waals surface area contributed by atoms with Crippen molar-refractivity contribution in [3.63, 3.8) is 0 Å². The molecule has 0 aliphatic carbocycles. The van der Waals surface area contributed by atoms with Gasteiger partial charge in [-0.3, -0.25) is 9.59 Å². The van der Waals surface area contributed by atoms with Crippen LogP contribution < -0.4 is 5.56 Å². The van der Waals surface area contributed by atoms with Gasteiger partial charge in [0.25, 0.3) is 11.5 Å². The Balaban J connectivity index is 3.30. The minimum absolute atomic E-state index is 0.0607. The molecule has 0 saturated carbocycles.